The van der Waals surface area contributed by atoms with Gasteiger partial charge in [0, 0.05) is 16.6 Å². The standard InChI is InChI=1S/C14H19BrN2O/c1-10-6-12(15)8-13(7-10)17-14(18)3-2-11-4-5-16-9-11/h6-8,11,16H,2-5,9H2,1H3,(H,17,18). The van der Waals surface area contributed by atoms with E-state index < -0.39 is 0 Å². The van der Waals surface area contributed by atoms with Gasteiger partial charge in [-0.05, 0) is 62.5 Å². The third-order valence-electron chi connectivity index (χ3n) is 3.27. The number of carbonyl (C=O) groups is 1. The van der Waals surface area contributed by atoms with Gasteiger partial charge in [-0.2, -0.15) is 0 Å². The van der Waals surface area contributed by atoms with Crippen LogP contribution in [0.3, 0.4) is 0 Å². The summed E-state index contributed by atoms with van der Waals surface area (Å²) in [5.41, 5.74) is 2.01. The highest BCUT2D eigenvalue weighted by atomic mass is 79.9. The summed E-state index contributed by atoms with van der Waals surface area (Å²) in [7, 11) is 0. The highest BCUT2D eigenvalue weighted by molar-refractivity contribution is 9.10. The van der Waals surface area contributed by atoms with E-state index >= 15 is 0 Å². The Labute approximate surface area is 116 Å². The van der Waals surface area contributed by atoms with Gasteiger partial charge in [-0.15, -0.1) is 0 Å². The summed E-state index contributed by atoms with van der Waals surface area (Å²) in [4.78, 5) is 11.8. The second kappa shape index (κ2) is 6.34. The molecular weight excluding hydrogens is 292 g/mol. The average molecular weight is 311 g/mol. The quantitative estimate of drug-likeness (QED) is 0.897. The smallest absolute Gasteiger partial charge is 0.224 e. The zero-order valence-corrected chi connectivity index (χ0v) is 12.2. The Morgan fingerprint density at radius 2 is 2.33 bits per heavy atom. The lowest BCUT2D eigenvalue weighted by Crippen LogP contribution is -2.15. The average Bonchev–Trinajstić information content (AvgIpc) is 2.77. The molecule has 0 spiro atoms. The maximum Gasteiger partial charge on any atom is 0.224 e. The summed E-state index contributed by atoms with van der Waals surface area (Å²) in [6.07, 6.45) is 2.78. The van der Waals surface area contributed by atoms with Crippen molar-refractivity contribution in [3.63, 3.8) is 0 Å². The van der Waals surface area contributed by atoms with E-state index in [1.807, 2.05) is 25.1 Å². The molecule has 1 heterocycles. The lowest BCUT2D eigenvalue weighted by molar-refractivity contribution is -0.116. The first kappa shape index (κ1) is 13.6. The Morgan fingerprint density at radius 3 is 3.00 bits per heavy atom. The Morgan fingerprint density at radius 1 is 1.50 bits per heavy atom. The fourth-order valence-corrected chi connectivity index (χ4v) is 2.94. The van der Waals surface area contributed by atoms with Gasteiger partial charge in [0.2, 0.25) is 5.91 Å². The monoisotopic (exact) mass is 310 g/mol. The molecule has 0 radical (unpaired) electrons. The van der Waals surface area contributed by atoms with Gasteiger partial charge in [-0.1, -0.05) is 15.9 Å². The van der Waals surface area contributed by atoms with Crippen LogP contribution in [0.15, 0.2) is 22.7 Å². The van der Waals surface area contributed by atoms with E-state index in [2.05, 4.69) is 26.6 Å². The lowest BCUT2D eigenvalue weighted by Gasteiger charge is -2.09. The number of anilines is 1. The molecule has 1 aromatic carbocycles. The van der Waals surface area contributed by atoms with Crippen LogP contribution < -0.4 is 10.6 Å². The van der Waals surface area contributed by atoms with Crippen molar-refractivity contribution in [1.29, 1.82) is 0 Å². The maximum absolute atomic E-state index is 11.8. The van der Waals surface area contributed by atoms with Gasteiger partial charge in [0.25, 0.3) is 0 Å². The Hall–Kier alpha value is -0.870. The molecule has 2 rings (SSSR count). The summed E-state index contributed by atoms with van der Waals surface area (Å²) in [6.45, 7) is 4.17. The lowest BCUT2D eigenvalue weighted by atomic mass is 10.0. The molecule has 1 aromatic rings. The fraction of sp³-hybridized carbons (Fsp3) is 0.500. The molecule has 0 saturated carbocycles. The Kier molecular flexibility index (Phi) is 4.78. The topological polar surface area (TPSA) is 41.1 Å². The van der Waals surface area contributed by atoms with Crippen LogP contribution in [0.1, 0.15) is 24.8 Å². The van der Waals surface area contributed by atoms with E-state index in [1.54, 1.807) is 0 Å². The van der Waals surface area contributed by atoms with Gasteiger partial charge < -0.3 is 10.6 Å². The van der Waals surface area contributed by atoms with E-state index in [0.717, 1.165) is 35.2 Å². The fourth-order valence-electron chi connectivity index (χ4n) is 2.33. The molecule has 18 heavy (non-hydrogen) atoms. The molecule has 1 fully saturated rings. The molecule has 0 aliphatic carbocycles. The number of carbonyl (C=O) groups excluding carboxylic acids is 1. The zero-order valence-electron chi connectivity index (χ0n) is 10.6. The van der Waals surface area contributed by atoms with Gasteiger partial charge >= 0.3 is 0 Å². The number of hydrogen-bond acceptors (Lipinski definition) is 2. The van der Waals surface area contributed by atoms with E-state index in [4.69, 9.17) is 0 Å². The van der Waals surface area contributed by atoms with Crippen molar-refractivity contribution in [1.82, 2.24) is 5.32 Å². The van der Waals surface area contributed by atoms with E-state index in [1.165, 1.54) is 6.42 Å². The molecule has 98 valence electrons. The molecule has 1 saturated heterocycles. The SMILES string of the molecule is Cc1cc(Br)cc(NC(=O)CCC2CCNC2)c1. The largest absolute Gasteiger partial charge is 0.326 e. The van der Waals surface area contributed by atoms with Crippen molar-refractivity contribution in [3.05, 3.63) is 28.2 Å². The van der Waals surface area contributed by atoms with Gasteiger partial charge in [-0.25, -0.2) is 0 Å². The Bertz CT molecular complexity index is 408. The van der Waals surface area contributed by atoms with Crippen molar-refractivity contribution >= 4 is 27.5 Å². The summed E-state index contributed by atoms with van der Waals surface area (Å²) in [6, 6.07) is 5.95. The van der Waals surface area contributed by atoms with Gasteiger partial charge in [0.1, 0.15) is 0 Å². The predicted molar refractivity (Wildman–Crippen MR) is 77.7 cm³/mol. The minimum Gasteiger partial charge on any atom is -0.326 e. The number of rotatable bonds is 4. The van der Waals surface area contributed by atoms with Crippen LogP contribution in [-0.2, 0) is 4.79 Å². The highest BCUT2D eigenvalue weighted by Crippen LogP contribution is 2.20. The number of hydrogen-bond donors (Lipinski definition) is 2. The molecule has 1 unspecified atom stereocenters. The summed E-state index contributed by atoms with van der Waals surface area (Å²) in [5, 5.41) is 6.28. The van der Waals surface area contributed by atoms with Crippen LogP contribution in [0.5, 0.6) is 0 Å². The van der Waals surface area contributed by atoms with Crippen LogP contribution >= 0.6 is 15.9 Å². The second-order valence-electron chi connectivity index (χ2n) is 4.96. The molecule has 3 nitrogen and oxygen atoms in total. The van der Waals surface area contributed by atoms with Gasteiger partial charge in [0.05, 0.1) is 0 Å². The second-order valence-corrected chi connectivity index (χ2v) is 5.88. The van der Waals surface area contributed by atoms with E-state index in [0.29, 0.717) is 12.3 Å². The number of nitrogens with one attached hydrogen (secondary N) is 2. The molecule has 1 atom stereocenters. The minimum absolute atomic E-state index is 0.111. The molecule has 0 aromatic heterocycles. The third-order valence-corrected chi connectivity index (χ3v) is 3.73. The summed E-state index contributed by atoms with van der Waals surface area (Å²) in [5.74, 6) is 0.777. The zero-order chi connectivity index (χ0) is 13.0. The van der Waals surface area contributed by atoms with Crippen LogP contribution in [0.25, 0.3) is 0 Å². The minimum atomic E-state index is 0.111. The molecule has 1 amide bonds. The van der Waals surface area contributed by atoms with Crippen LogP contribution in [0.2, 0.25) is 0 Å². The molecular formula is C14H19BrN2O. The number of aryl methyl sites for hydroxylation is 1. The normalized spacial score (nSPS) is 18.9. The van der Waals surface area contributed by atoms with Crippen molar-refractivity contribution in [2.75, 3.05) is 18.4 Å². The maximum atomic E-state index is 11.8. The van der Waals surface area contributed by atoms with Crippen molar-refractivity contribution in [2.45, 2.75) is 26.2 Å². The first-order valence-electron chi connectivity index (χ1n) is 6.41. The summed E-state index contributed by atoms with van der Waals surface area (Å²) < 4.78 is 0.998. The highest BCUT2D eigenvalue weighted by Gasteiger charge is 2.15. The first-order valence-corrected chi connectivity index (χ1v) is 7.20. The van der Waals surface area contributed by atoms with Gasteiger partial charge in [0.15, 0.2) is 0 Å². The molecule has 2 N–H and O–H groups in total. The van der Waals surface area contributed by atoms with Crippen molar-refractivity contribution in [3.8, 4) is 0 Å². The predicted octanol–water partition coefficient (Wildman–Crippen LogP) is 3.09. The van der Waals surface area contributed by atoms with Crippen molar-refractivity contribution in [2.24, 2.45) is 5.92 Å². The molecule has 4 heteroatoms. The summed E-state index contributed by atoms with van der Waals surface area (Å²) >= 11 is 3.44. The number of benzene rings is 1. The molecule has 0 bridgehead atoms. The first-order chi connectivity index (χ1) is 8.63. The van der Waals surface area contributed by atoms with Gasteiger partial charge in [-0.3, -0.25) is 4.79 Å². The number of amides is 1. The van der Waals surface area contributed by atoms with E-state index in [-0.39, 0.29) is 5.91 Å². The number of halogens is 1. The molecule has 1 aliphatic heterocycles. The van der Waals surface area contributed by atoms with Crippen LogP contribution in [-0.4, -0.2) is 19.0 Å². The third kappa shape index (κ3) is 4.10. The van der Waals surface area contributed by atoms with Crippen LogP contribution in [0.4, 0.5) is 5.69 Å². The Balaban J connectivity index is 1.82. The van der Waals surface area contributed by atoms with E-state index in [9.17, 15) is 4.79 Å². The molecule has 1 aliphatic rings. The van der Waals surface area contributed by atoms with Crippen LogP contribution in [0, 0.1) is 12.8 Å². The van der Waals surface area contributed by atoms with Crippen molar-refractivity contribution < 1.29 is 4.79 Å².